The summed E-state index contributed by atoms with van der Waals surface area (Å²) in [6.07, 6.45) is 0. The van der Waals surface area contributed by atoms with Gasteiger partial charge in [0.1, 0.15) is 0 Å². The summed E-state index contributed by atoms with van der Waals surface area (Å²) >= 11 is 0. The minimum Gasteiger partial charge on any atom is 1.00 e. The standard InChI is InChI=1S/4Au/q4*+1. The molecule has 0 aliphatic rings. The second kappa shape index (κ2) is 16.7. The molecule has 0 bridgehead atoms. The summed E-state index contributed by atoms with van der Waals surface area (Å²) in [6, 6.07) is 0. The molecule has 0 saturated carbocycles. The molecule has 4 heteroatoms. The van der Waals surface area contributed by atoms with Gasteiger partial charge in [-0.2, -0.15) is 0 Å². The van der Waals surface area contributed by atoms with Crippen molar-refractivity contribution in [1.29, 1.82) is 0 Å². The quantitative estimate of drug-likeness (QED) is 0.304. The van der Waals surface area contributed by atoms with Crippen LogP contribution < -0.4 is 0 Å². The van der Waals surface area contributed by atoms with E-state index in [1.807, 2.05) is 0 Å². The number of hydrogen-bond acceptors (Lipinski definition) is 0. The molecule has 0 heterocycles. The SMILES string of the molecule is [Au+].[Au+].[Au+].[Au+]. The van der Waals surface area contributed by atoms with Crippen molar-refractivity contribution in [2.75, 3.05) is 0 Å². The second-order valence-corrected chi connectivity index (χ2v) is 0. The minimum absolute atomic E-state index is 0. The van der Waals surface area contributed by atoms with Crippen molar-refractivity contribution >= 4 is 0 Å². The molecule has 0 aliphatic carbocycles. The van der Waals surface area contributed by atoms with Gasteiger partial charge in [-0.3, -0.25) is 0 Å². The summed E-state index contributed by atoms with van der Waals surface area (Å²) in [5, 5.41) is 0. The molecule has 0 unspecified atom stereocenters. The predicted octanol–water partition coefficient (Wildman–Crippen LogP) is -0.0100. The topological polar surface area (TPSA) is 0 Å². The van der Waals surface area contributed by atoms with E-state index >= 15 is 0 Å². The molecule has 0 spiro atoms. The van der Waals surface area contributed by atoms with Crippen LogP contribution in [0.5, 0.6) is 0 Å². The van der Waals surface area contributed by atoms with Gasteiger partial charge in [0.15, 0.2) is 0 Å². The van der Waals surface area contributed by atoms with E-state index < -0.39 is 0 Å². The van der Waals surface area contributed by atoms with Gasteiger partial charge in [-0.25, -0.2) is 0 Å². The van der Waals surface area contributed by atoms with Gasteiger partial charge in [0.05, 0.1) is 0 Å². The average Bonchev–Trinajstić information content (AvgIpc) is 0. The van der Waals surface area contributed by atoms with E-state index in [1.165, 1.54) is 0 Å². The Hall–Kier alpha value is 2.96. The predicted molar refractivity (Wildman–Crippen MR) is 0 cm³/mol. The Morgan fingerprint density at radius 1 is 0.250 bits per heavy atom. The molecular formula is Au4+4. The van der Waals surface area contributed by atoms with E-state index in [0.29, 0.717) is 0 Å². The van der Waals surface area contributed by atoms with Gasteiger partial charge < -0.3 is 0 Å². The van der Waals surface area contributed by atoms with E-state index in [-0.39, 0.29) is 89.5 Å². The van der Waals surface area contributed by atoms with Crippen LogP contribution in [-0.4, -0.2) is 0 Å². The van der Waals surface area contributed by atoms with Crippen molar-refractivity contribution in [2.45, 2.75) is 0 Å². The van der Waals surface area contributed by atoms with Gasteiger partial charge >= 0.3 is 89.5 Å². The largest absolute Gasteiger partial charge is 1.00 e. The van der Waals surface area contributed by atoms with Crippen molar-refractivity contribution in [3.05, 3.63) is 0 Å². The van der Waals surface area contributed by atoms with Crippen molar-refractivity contribution in [3.63, 3.8) is 0 Å². The molecule has 0 aromatic heterocycles. The molecule has 0 aromatic rings. The fourth-order valence-electron chi connectivity index (χ4n) is 0. The zero-order valence-electron chi connectivity index (χ0n) is 1.21. The molecule has 0 N–H and O–H groups in total. The minimum atomic E-state index is 0. The van der Waals surface area contributed by atoms with Crippen LogP contribution in [0.4, 0.5) is 0 Å². The molecule has 0 saturated heterocycles. The van der Waals surface area contributed by atoms with Crippen molar-refractivity contribution < 1.29 is 89.5 Å². The van der Waals surface area contributed by atoms with Crippen LogP contribution in [0.15, 0.2) is 0 Å². The van der Waals surface area contributed by atoms with Crippen molar-refractivity contribution in [1.82, 2.24) is 0 Å². The summed E-state index contributed by atoms with van der Waals surface area (Å²) in [7, 11) is 0. The molecule has 40 valence electrons. The van der Waals surface area contributed by atoms with E-state index in [4.69, 9.17) is 0 Å². The van der Waals surface area contributed by atoms with Gasteiger partial charge in [-0.15, -0.1) is 0 Å². The molecule has 0 rings (SSSR count). The monoisotopic (exact) mass is 788 g/mol. The Balaban J connectivity index is 0. The van der Waals surface area contributed by atoms with E-state index in [9.17, 15) is 0 Å². The van der Waals surface area contributed by atoms with Gasteiger partial charge in [0.25, 0.3) is 0 Å². The van der Waals surface area contributed by atoms with Crippen LogP contribution in [0.3, 0.4) is 0 Å². The van der Waals surface area contributed by atoms with Gasteiger partial charge in [-0.1, -0.05) is 0 Å². The molecule has 0 nitrogen and oxygen atoms in total. The van der Waals surface area contributed by atoms with Crippen molar-refractivity contribution in [2.24, 2.45) is 0 Å². The number of hydrogen-bond donors (Lipinski definition) is 0. The summed E-state index contributed by atoms with van der Waals surface area (Å²) < 4.78 is 0. The smallest absolute Gasteiger partial charge is 1.00 e. The Kier molecular flexibility index (Phi) is 118. The molecule has 0 radical (unpaired) electrons. The second-order valence-electron chi connectivity index (χ2n) is 0. The van der Waals surface area contributed by atoms with Crippen LogP contribution in [0, 0.1) is 0 Å². The number of rotatable bonds is 0. The van der Waals surface area contributed by atoms with Crippen LogP contribution in [0.1, 0.15) is 0 Å². The third kappa shape index (κ3) is 8.88. The third-order valence-electron chi connectivity index (χ3n) is 0. The first-order valence-electron chi connectivity index (χ1n) is 0. The molecule has 0 aliphatic heterocycles. The molecule has 4 heavy (non-hydrogen) atoms. The average molecular weight is 788 g/mol. The Labute approximate surface area is 87.9 Å². The summed E-state index contributed by atoms with van der Waals surface area (Å²) in [5.41, 5.74) is 0. The Bertz CT molecular complexity index is 0. The molecule has 0 aromatic carbocycles. The molecule has 0 amide bonds. The third-order valence-corrected chi connectivity index (χ3v) is 0. The first-order chi connectivity index (χ1) is 0. The maximum atomic E-state index is 0. The van der Waals surface area contributed by atoms with Gasteiger partial charge in [-0.05, 0) is 0 Å². The first kappa shape index (κ1) is 28.2. The van der Waals surface area contributed by atoms with Crippen LogP contribution >= 0.6 is 0 Å². The molecule has 0 fully saturated rings. The summed E-state index contributed by atoms with van der Waals surface area (Å²) in [4.78, 5) is 0. The summed E-state index contributed by atoms with van der Waals surface area (Å²) in [6.45, 7) is 0. The summed E-state index contributed by atoms with van der Waals surface area (Å²) in [5.74, 6) is 0. The van der Waals surface area contributed by atoms with E-state index in [0.717, 1.165) is 0 Å². The molecular weight excluding hydrogens is 788 g/mol. The molecule has 0 atom stereocenters. The van der Waals surface area contributed by atoms with Crippen LogP contribution in [0.2, 0.25) is 0 Å². The maximum absolute atomic E-state index is 0. The zero-order valence-corrected chi connectivity index (χ0v) is 9.87. The first-order valence-corrected chi connectivity index (χ1v) is 0. The van der Waals surface area contributed by atoms with Crippen LogP contribution in [0.25, 0.3) is 0 Å². The Morgan fingerprint density at radius 2 is 0.250 bits per heavy atom. The van der Waals surface area contributed by atoms with Gasteiger partial charge in [0, 0.05) is 0 Å². The Morgan fingerprint density at radius 3 is 0.250 bits per heavy atom. The zero-order chi connectivity index (χ0) is 0. The fraction of sp³-hybridized carbons (Fsp3) is 0. The van der Waals surface area contributed by atoms with E-state index in [2.05, 4.69) is 0 Å². The van der Waals surface area contributed by atoms with Gasteiger partial charge in [0.2, 0.25) is 0 Å². The normalized spacial score (nSPS) is 0. The fourth-order valence-corrected chi connectivity index (χ4v) is 0. The van der Waals surface area contributed by atoms with Crippen molar-refractivity contribution in [3.8, 4) is 0 Å². The van der Waals surface area contributed by atoms with E-state index in [1.54, 1.807) is 0 Å². The van der Waals surface area contributed by atoms with Crippen LogP contribution in [-0.2, 0) is 89.5 Å². The maximum Gasteiger partial charge on any atom is 1.00 e.